The van der Waals surface area contributed by atoms with Gasteiger partial charge < -0.3 is 16.0 Å². The Balaban J connectivity index is 0.00000338. The van der Waals surface area contributed by atoms with Crippen molar-refractivity contribution in [2.24, 2.45) is 5.73 Å². The number of primary amides is 1. The van der Waals surface area contributed by atoms with Crippen molar-refractivity contribution < 1.29 is 14.5 Å². The lowest BCUT2D eigenvalue weighted by atomic mass is 10.2. The normalized spacial score (nSPS) is 16.0. The maximum absolute atomic E-state index is 12.6. The van der Waals surface area contributed by atoms with Gasteiger partial charge in [0.15, 0.2) is 0 Å². The fourth-order valence-electron chi connectivity index (χ4n) is 2.82. The number of hydrogen-bond donors (Lipinski definition) is 2. The van der Waals surface area contributed by atoms with Crippen LogP contribution in [0.3, 0.4) is 0 Å². The van der Waals surface area contributed by atoms with Gasteiger partial charge in [-0.2, -0.15) is 0 Å². The van der Waals surface area contributed by atoms with Crippen molar-refractivity contribution in [1.29, 1.82) is 0 Å². The lowest BCUT2D eigenvalue weighted by Gasteiger charge is -2.28. The minimum Gasteiger partial charge on any atom is -0.366 e. The number of benzene rings is 1. The van der Waals surface area contributed by atoms with E-state index in [0.29, 0.717) is 11.4 Å². The molecule has 0 aromatic heterocycles. The zero-order valence-corrected chi connectivity index (χ0v) is 16.1. The Morgan fingerprint density at radius 1 is 1.46 bits per heavy atom. The molecule has 0 aliphatic carbocycles. The maximum atomic E-state index is 12.6. The number of halogens is 1. The lowest BCUT2D eigenvalue weighted by molar-refractivity contribution is -0.387. The van der Waals surface area contributed by atoms with E-state index in [1.807, 2.05) is 11.8 Å². The summed E-state index contributed by atoms with van der Waals surface area (Å²) in [6.45, 7) is 4.37. The van der Waals surface area contributed by atoms with Crippen molar-refractivity contribution in [2.45, 2.75) is 30.7 Å². The largest absolute Gasteiger partial charge is 0.366 e. The fourth-order valence-corrected chi connectivity index (χ4v) is 3.71. The second-order valence-corrected chi connectivity index (χ2v) is 6.84. The van der Waals surface area contributed by atoms with Gasteiger partial charge in [-0.15, -0.1) is 24.2 Å². The summed E-state index contributed by atoms with van der Waals surface area (Å²) in [6, 6.07) is 4.24. The molecule has 1 fully saturated rings. The monoisotopic (exact) mass is 402 g/mol. The predicted molar refractivity (Wildman–Crippen MR) is 103 cm³/mol. The van der Waals surface area contributed by atoms with Crippen LogP contribution >= 0.6 is 24.2 Å². The van der Waals surface area contributed by atoms with Crippen molar-refractivity contribution in [1.82, 2.24) is 10.2 Å². The quantitative estimate of drug-likeness (QED) is 0.389. The summed E-state index contributed by atoms with van der Waals surface area (Å²) in [5, 5.41) is 14.5. The van der Waals surface area contributed by atoms with Crippen LogP contribution in [0.5, 0.6) is 0 Å². The number of hydrogen-bond acceptors (Lipinski definition) is 6. The Kier molecular flexibility index (Phi) is 8.83. The molecule has 0 spiro atoms. The number of carbonyl (C=O) groups is 2. The summed E-state index contributed by atoms with van der Waals surface area (Å²) >= 11 is 1.11. The van der Waals surface area contributed by atoms with E-state index in [-0.39, 0.29) is 41.4 Å². The topological polar surface area (TPSA) is 119 Å². The summed E-state index contributed by atoms with van der Waals surface area (Å²) in [4.78, 5) is 36.6. The maximum Gasteiger partial charge on any atom is 0.283 e. The number of carbonyl (C=O) groups excluding carboxylic acids is 2. The van der Waals surface area contributed by atoms with Crippen LogP contribution in [0.15, 0.2) is 23.1 Å². The minimum absolute atomic E-state index is 0. The van der Waals surface area contributed by atoms with Crippen molar-refractivity contribution in [3.8, 4) is 0 Å². The molecule has 0 bridgehead atoms. The Morgan fingerprint density at radius 3 is 2.73 bits per heavy atom. The molecule has 10 heteroatoms. The first kappa shape index (κ1) is 22.2. The molecule has 3 N–H and O–H groups in total. The number of nitrogens with one attached hydrogen (secondary N) is 1. The highest BCUT2D eigenvalue weighted by atomic mass is 35.5. The van der Waals surface area contributed by atoms with Crippen LogP contribution < -0.4 is 11.1 Å². The average molecular weight is 403 g/mol. The highest BCUT2D eigenvalue weighted by Crippen LogP contribution is 2.30. The third-order valence-corrected chi connectivity index (χ3v) is 5.10. The molecule has 1 aliphatic heterocycles. The van der Waals surface area contributed by atoms with Gasteiger partial charge in [-0.05, 0) is 31.5 Å². The van der Waals surface area contributed by atoms with Crippen LogP contribution in [-0.4, -0.2) is 53.1 Å². The van der Waals surface area contributed by atoms with Crippen LogP contribution in [0.1, 0.15) is 30.1 Å². The van der Waals surface area contributed by atoms with Gasteiger partial charge in [0.1, 0.15) is 0 Å². The summed E-state index contributed by atoms with van der Waals surface area (Å²) in [6.07, 6.45) is 1.78. The van der Waals surface area contributed by atoms with Crippen molar-refractivity contribution >= 4 is 41.7 Å². The Bertz CT molecular complexity index is 668. The van der Waals surface area contributed by atoms with Gasteiger partial charge in [-0.1, -0.05) is 6.92 Å². The van der Waals surface area contributed by atoms with Crippen molar-refractivity contribution in [3.05, 3.63) is 33.9 Å². The smallest absolute Gasteiger partial charge is 0.283 e. The number of amides is 2. The van der Waals surface area contributed by atoms with Crippen molar-refractivity contribution in [3.63, 3.8) is 0 Å². The van der Waals surface area contributed by atoms with E-state index in [4.69, 9.17) is 5.73 Å². The molecule has 8 nitrogen and oxygen atoms in total. The van der Waals surface area contributed by atoms with E-state index in [0.717, 1.165) is 43.8 Å². The number of nitrogens with zero attached hydrogens (tertiary/aromatic N) is 2. The Labute approximate surface area is 162 Å². The first-order valence-electron chi connectivity index (χ1n) is 8.15. The van der Waals surface area contributed by atoms with Crippen LogP contribution in [0.4, 0.5) is 5.69 Å². The molecule has 1 aromatic rings. The standard InChI is InChI=1S/C16H22N4O4S.ClH/c1-2-7-19(12-5-6-18-9-12)15(21)10-25-14-4-3-11(16(17)22)8-13(14)20(23)24;/h3-4,8,12,18H,2,5-7,9-10H2,1H3,(H2,17,22);1H. The predicted octanol–water partition coefficient (Wildman–Crippen LogP) is 1.81. The first-order chi connectivity index (χ1) is 11.9. The minimum atomic E-state index is -0.724. The Hall–Kier alpha value is -1.84. The molecule has 2 amide bonds. The van der Waals surface area contributed by atoms with Crippen LogP contribution in [-0.2, 0) is 4.79 Å². The highest BCUT2D eigenvalue weighted by molar-refractivity contribution is 8.00. The fraction of sp³-hybridized carbons (Fsp3) is 0.500. The first-order valence-corrected chi connectivity index (χ1v) is 9.13. The van der Waals surface area contributed by atoms with Crippen LogP contribution in [0.25, 0.3) is 0 Å². The van der Waals surface area contributed by atoms with Gasteiger partial charge in [-0.3, -0.25) is 19.7 Å². The second kappa shape index (κ2) is 10.3. The van der Waals surface area contributed by atoms with Gasteiger partial charge in [0.2, 0.25) is 11.8 Å². The van der Waals surface area contributed by atoms with E-state index in [1.54, 1.807) is 0 Å². The van der Waals surface area contributed by atoms with Gasteiger partial charge >= 0.3 is 0 Å². The summed E-state index contributed by atoms with van der Waals surface area (Å²) in [5.41, 5.74) is 5.03. The van der Waals surface area contributed by atoms with Gasteiger partial charge in [0.25, 0.3) is 5.69 Å². The van der Waals surface area contributed by atoms with Crippen LogP contribution in [0.2, 0.25) is 0 Å². The summed E-state index contributed by atoms with van der Waals surface area (Å²) < 4.78 is 0. The van der Waals surface area contributed by atoms with Gasteiger partial charge in [0.05, 0.1) is 15.6 Å². The molecule has 144 valence electrons. The highest BCUT2D eigenvalue weighted by Gasteiger charge is 2.26. The van der Waals surface area contributed by atoms with E-state index < -0.39 is 10.8 Å². The van der Waals surface area contributed by atoms with E-state index >= 15 is 0 Å². The van der Waals surface area contributed by atoms with Gasteiger partial charge in [0, 0.05) is 30.8 Å². The number of nitro groups is 1. The van der Waals surface area contributed by atoms with Crippen molar-refractivity contribution in [2.75, 3.05) is 25.4 Å². The molecule has 1 unspecified atom stereocenters. The molecule has 26 heavy (non-hydrogen) atoms. The molecular formula is C16H23ClN4O4S. The third-order valence-electron chi connectivity index (χ3n) is 4.05. The van der Waals surface area contributed by atoms with Gasteiger partial charge in [-0.25, -0.2) is 0 Å². The van der Waals surface area contributed by atoms with Crippen LogP contribution in [0, 0.1) is 10.1 Å². The zero-order chi connectivity index (χ0) is 18.4. The van der Waals surface area contributed by atoms with E-state index in [1.165, 1.54) is 12.1 Å². The zero-order valence-electron chi connectivity index (χ0n) is 14.5. The molecule has 1 aromatic carbocycles. The molecule has 0 saturated carbocycles. The molecule has 2 rings (SSSR count). The van der Waals surface area contributed by atoms with E-state index in [2.05, 4.69) is 5.32 Å². The Morgan fingerprint density at radius 2 is 2.19 bits per heavy atom. The summed E-state index contributed by atoms with van der Waals surface area (Å²) in [5.74, 6) is -0.639. The molecule has 0 radical (unpaired) electrons. The average Bonchev–Trinajstić information content (AvgIpc) is 3.11. The third kappa shape index (κ3) is 5.58. The SMILES string of the molecule is CCCN(C(=O)CSc1ccc(C(N)=O)cc1[N+](=O)[O-])C1CCNC1.Cl. The number of thioether (sulfide) groups is 1. The van der Waals surface area contributed by atoms with E-state index in [9.17, 15) is 19.7 Å². The molecule has 1 aliphatic rings. The number of rotatable bonds is 8. The number of nitrogens with two attached hydrogens (primary N) is 1. The molecule has 1 atom stereocenters. The number of nitro benzene ring substituents is 1. The second-order valence-electron chi connectivity index (χ2n) is 5.83. The molecule has 1 heterocycles. The molecular weight excluding hydrogens is 380 g/mol. The lowest BCUT2D eigenvalue weighted by Crippen LogP contribution is -2.43. The summed E-state index contributed by atoms with van der Waals surface area (Å²) in [7, 11) is 0. The molecule has 1 saturated heterocycles.